The fourth-order valence-corrected chi connectivity index (χ4v) is 3.07. The molecule has 0 aromatic heterocycles. The van der Waals surface area contributed by atoms with Crippen LogP contribution in [0.2, 0.25) is 0 Å². The first kappa shape index (κ1) is 10.6. The van der Waals surface area contributed by atoms with Gasteiger partial charge in [0, 0.05) is 5.57 Å². The summed E-state index contributed by atoms with van der Waals surface area (Å²) < 4.78 is -0.380. The van der Waals surface area contributed by atoms with Crippen molar-refractivity contribution < 1.29 is 9.90 Å². The number of thioether (sulfide) groups is 1. The first-order valence-electron chi connectivity index (χ1n) is 4.50. The molecule has 0 fully saturated rings. The first-order chi connectivity index (χ1) is 5.87. The normalized spacial score (nSPS) is 29.2. The molecule has 0 saturated carbocycles. The molecule has 2 nitrogen and oxygen atoms in total. The van der Waals surface area contributed by atoms with Crippen molar-refractivity contribution in [2.45, 2.75) is 38.9 Å². The van der Waals surface area contributed by atoms with Gasteiger partial charge in [-0.05, 0) is 26.2 Å². The summed E-state index contributed by atoms with van der Waals surface area (Å²) in [7, 11) is 0. The van der Waals surface area contributed by atoms with Gasteiger partial charge in [0.1, 0.15) is 5.76 Å². The van der Waals surface area contributed by atoms with Crippen LogP contribution in [0, 0.1) is 5.92 Å². The molecule has 0 aliphatic carbocycles. The molecular formula is C10H16O2S. The molecule has 1 N–H and O–H groups in total. The van der Waals surface area contributed by atoms with Crippen LogP contribution in [-0.4, -0.2) is 15.0 Å². The third-order valence-corrected chi connectivity index (χ3v) is 3.58. The second-order valence-electron chi connectivity index (χ2n) is 4.19. The van der Waals surface area contributed by atoms with Gasteiger partial charge in [0.15, 0.2) is 0 Å². The highest BCUT2D eigenvalue weighted by molar-refractivity contribution is 8.15. The molecular weight excluding hydrogens is 184 g/mol. The monoisotopic (exact) mass is 200 g/mol. The summed E-state index contributed by atoms with van der Waals surface area (Å²) in [5.41, 5.74) is 0.521. The summed E-state index contributed by atoms with van der Waals surface area (Å²) >= 11 is 1.25. The van der Waals surface area contributed by atoms with Crippen LogP contribution in [0.4, 0.5) is 0 Å². The highest BCUT2D eigenvalue weighted by Gasteiger charge is 2.41. The zero-order valence-corrected chi connectivity index (χ0v) is 9.36. The van der Waals surface area contributed by atoms with E-state index >= 15 is 0 Å². The molecule has 0 bridgehead atoms. The summed E-state index contributed by atoms with van der Waals surface area (Å²) in [6.07, 6.45) is 0.840. The second-order valence-corrected chi connectivity index (χ2v) is 5.67. The molecule has 1 unspecified atom stereocenters. The summed E-state index contributed by atoms with van der Waals surface area (Å²) in [5, 5.41) is 9.79. The van der Waals surface area contributed by atoms with Crippen LogP contribution in [0.15, 0.2) is 11.3 Å². The fourth-order valence-electron chi connectivity index (χ4n) is 1.74. The molecule has 0 spiro atoms. The lowest BCUT2D eigenvalue weighted by molar-refractivity contribution is -0.107. The Kier molecular flexibility index (Phi) is 2.76. The van der Waals surface area contributed by atoms with E-state index in [1.165, 1.54) is 11.8 Å². The lowest BCUT2D eigenvalue weighted by atomic mass is 9.94. The van der Waals surface area contributed by atoms with E-state index in [9.17, 15) is 9.90 Å². The topological polar surface area (TPSA) is 37.3 Å². The van der Waals surface area contributed by atoms with Gasteiger partial charge in [-0.2, -0.15) is 0 Å². The minimum atomic E-state index is -0.380. The van der Waals surface area contributed by atoms with E-state index in [0.29, 0.717) is 11.5 Å². The molecule has 13 heavy (non-hydrogen) atoms. The SMILES string of the molecule is CC1=C(O)C(C)(CC(C)C)SC1=O. The average Bonchev–Trinajstić information content (AvgIpc) is 2.14. The number of rotatable bonds is 2. The van der Waals surface area contributed by atoms with Crippen molar-refractivity contribution in [1.29, 1.82) is 0 Å². The van der Waals surface area contributed by atoms with Gasteiger partial charge in [0.2, 0.25) is 5.12 Å². The van der Waals surface area contributed by atoms with Crippen LogP contribution in [0.25, 0.3) is 0 Å². The van der Waals surface area contributed by atoms with Crippen LogP contribution in [0.5, 0.6) is 0 Å². The molecule has 0 aromatic carbocycles. The van der Waals surface area contributed by atoms with Gasteiger partial charge in [0.05, 0.1) is 4.75 Å². The second kappa shape index (κ2) is 3.37. The summed E-state index contributed by atoms with van der Waals surface area (Å²) in [6, 6.07) is 0. The van der Waals surface area contributed by atoms with Gasteiger partial charge < -0.3 is 5.11 Å². The van der Waals surface area contributed by atoms with Crippen molar-refractivity contribution in [1.82, 2.24) is 0 Å². The molecule has 74 valence electrons. The van der Waals surface area contributed by atoms with Crippen molar-refractivity contribution in [3.8, 4) is 0 Å². The average molecular weight is 200 g/mol. The largest absolute Gasteiger partial charge is 0.510 e. The van der Waals surface area contributed by atoms with Crippen LogP contribution in [-0.2, 0) is 4.79 Å². The predicted octanol–water partition coefficient (Wildman–Crippen LogP) is 2.90. The zero-order chi connectivity index (χ0) is 10.2. The predicted molar refractivity (Wildman–Crippen MR) is 55.8 cm³/mol. The Hall–Kier alpha value is -0.440. The lowest BCUT2D eigenvalue weighted by Gasteiger charge is -2.24. The quantitative estimate of drug-likeness (QED) is 0.744. The van der Waals surface area contributed by atoms with E-state index in [4.69, 9.17) is 0 Å². The maximum atomic E-state index is 11.3. The van der Waals surface area contributed by atoms with E-state index in [1.54, 1.807) is 6.92 Å². The minimum Gasteiger partial charge on any atom is -0.510 e. The van der Waals surface area contributed by atoms with E-state index in [0.717, 1.165) is 6.42 Å². The molecule has 1 atom stereocenters. The van der Waals surface area contributed by atoms with Crippen LogP contribution < -0.4 is 0 Å². The number of aliphatic hydroxyl groups is 1. The van der Waals surface area contributed by atoms with Gasteiger partial charge >= 0.3 is 0 Å². The van der Waals surface area contributed by atoms with Gasteiger partial charge in [0.25, 0.3) is 0 Å². The van der Waals surface area contributed by atoms with Gasteiger partial charge in [-0.1, -0.05) is 25.6 Å². The molecule has 1 heterocycles. The van der Waals surface area contributed by atoms with E-state index in [2.05, 4.69) is 13.8 Å². The van der Waals surface area contributed by atoms with Crippen molar-refractivity contribution in [3.63, 3.8) is 0 Å². The molecule has 0 saturated heterocycles. The van der Waals surface area contributed by atoms with Crippen LogP contribution >= 0.6 is 11.8 Å². The third kappa shape index (κ3) is 1.90. The number of aliphatic hydroxyl groups excluding tert-OH is 1. The zero-order valence-electron chi connectivity index (χ0n) is 8.55. The fraction of sp³-hybridized carbons (Fsp3) is 0.700. The Labute approximate surface area is 83.4 Å². The highest BCUT2D eigenvalue weighted by Crippen LogP contribution is 2.45. The van der Waals surface area contributed by atoms with Gasteiger partial charge in [-0.15, -0.1) is 0 Å². The Balaban J connectivity index is 2.90. The molecule has 1 aliphatic rings. The number of carbonyl (C=O) groups excluding carboxylic acids is 1. The van der Waals surface area contributed by atoms with Crippen molar-refractivity contribution in [2.24, 2.45) is 5.92 Å². The van der Waals surface area contributed by atoms with Crippen LogP contribution in [0.3, 0.4) is 0 Å². The van der Waals surface area contributed by atoms with Gasteiger partial charge in [-0.25, -0.2) is 0 Å². The Bertz CT molecular complexity index is 268. The number of carbonyl (C=O) groups is 1. The summed E-state index contributed by atoms with van der Waals surface area (Å²) in [5.74, 6) is 0.759. The molecule has 0 radical (unpaired) electrons. The number of hydrogen-bond donors (Lipinski definition) is 1. The molecule has 0 amide bonds. The molecule has 3 heteroatoms. The van der Waals surface area contributed by atoms with Crippen molar-refractivity contribution in [3.05, 3.63) is 11.3 Å². The van der Waals surface area contributed by atoms with E-state index in [1.807, 2.05) is 6.92 Å². The summed E-state index contributed by atoms with van der Waals surface area (Å²) in [4.78, 5) is 11.3. The van der Waals surface area contributed by atoms with E-state index < -0.39 is 0 Å². The molecule has 1 aliphatic heterocycles. The van der Waals surface area contributed by atoms with E-state index in [-0.39, 0.29) is 15.6 Å². The van der Waals surface area contributed by atoms with Crippen molar-refractivity contribution >= 4 is 16.9 Å². The van der Waals surface area contributed by atoms with Crippen molar-refractivity contribution in [2.75, 3.05) is 0 Å². The smallest absolute Gasteiger partial charge is 0.219 e. The first-order valence-corrected chi connectivity index (χ1v) is 5.32. The maximum Gasteiger partial charge on any atom is 0.219 e. The van der Waals surface area contributed by atoms with Crippen LogP contribution in [0.1, 0.15) is 34.1 Å². The lowest BCUT2D eigenvalue weighted by Crippen LogP contribution is -2.22. The third-order valence-electron chi connectivity index (χ3n) is 2.28. The van der Waals surface area contributed by atoms with Gasteiger partial charge in [-0.3, -0.25) is 4.79 Å². The highest BCUT2D eigenvalue weighted by atomic mass is 32.2. The Morgan fingerprint density at radius 1 is 1.54 bits per heavy atom. The molecule has 1 rings (SSSR count). The Morgan fingerprint density at radius 2 is 2.08 bits per heavy atom. The molecule has 0 aromatic rings. The standard InChI is InChI=1S/C10H16O2S/c1-6(2)5-10(4)8(11)7(3)9(12)13-10/h6,11H,5H2,1-4H3. The maximum absolute atomic E-state index is 11.3. The summed E-state index contributed by atoms with van der Waals surface area (Å²) in [6.45, 7) is 7.81. The number of hydrogen-bond acceptors (Lipinski definition) is 3. The Morgan fingerprint density at radius 3 is 2.38 bits per heavy atom. The minimum absolute atomic E-state index is 0.0145.